The second kappa shape index (κ2) is 9.15. The van der Waals surface area contributed by atoms with Crippen LogP contribution in [0.5, 0.6) is 0 Å². The summed E-state index contributed by atoms with van der Waals surface area (Å²) in [4.78, 5) is 21.3. The first-order chi connectivity index (χ1) is 7.52. The molecule has 0 radical (unpaired) electrons. The molecule has 5 heteroatoms. The highest BCUT2D eigenvalue weighted by Gasteiger charge is 2.03. The van der Waals surface area contributed by atoms with Crippen molar-refractivity contribution in [3.63, 3.8) is 0 Å². The molecule has 0 saturated carbocycles. The fourth-order valence-corrected chi connectivity index (χ4v) is 1.08. The SMILES string of the molecule is CC(C)OCCCCNC(=O)CCC(=O)O. The fourth-order valence-electron chi connectivity index (χ4n) is 1.08. The molecule has 94 valence electrons. The Morgan fingerprint density at radius 1 is 1.25 bits per heavy atom. The van der Waals surface area contributed by atoms with Crippen LogP contribution in [0, 0.1) is 0 Å². The van der Waals surface area contributed by atoms with Crippen molar-refractivity contribution in [3.8, 4) is 0 Å². The van der Waals surface area contributed by atoms with Crippen LogP contribution in [0.1, 0.15) is 39.5 Å². The van der Waals surface area contributed by atoms with Gasteiger partial charge in [-0.05, 0) is 26.7 Å². The number of hydrogen-bond acceptors (Lipinski definition) is 3. The number of unbranched alkanes of at least 4 members (excludes halogenated alkanes) is 1. The summed E-state index contributed by atoms with van der Waals surface area (Å²) in [5, 5.41) is 11.0. The van der Waals surface area contributed by atoms with E-state index in [4.69, 9.17) is 9.84 Å². The van der Waals surface area contributed by atoms with Crippen molar-refractivity contribution in [3.05, 3.63) is 0 Å². The third-order valence-electron chi connectivity index (χ3n) is 1.91. The first kappa shape index (κ1) is 14.9. The molecule has 1 amide bonds. The van der Waals surface area contributed by atoms with Crippen LogP contribution in [0.2, 0.25) is 0 Å². The Labute approximate surface area is 96.2 Å². The zero-order valence-corrected chi connectivity index (χ0v) is 9.99. The molecule has 0 aliphatic carbocycles. The summed E-state index contributed by atoms with van der Waals surface area (Å²) in [6.45, 7) is 5.24. The van der Waals surface area contributed by atoms with Crippen LogP contribution in [0.3, 0.4) is 0 Å². The Morgan fingerprint density at radius 2 is 1.94 bits per heavy atom. The van der Waals surface area contributed by atoms with Crippen LogP contribution >= 0.6 is 0 Å². The zero-order valence-electron chi connectivity index (χ0n) is 9.99. The molecule has 0 heterocycles. The maximum Gasteiger partial charge on any atom is 0.303 e. The first-order valence-corrected chi connectivity index (χ1v) is 5.62. The number of aliphatic carboxylic acids is 1. The number of ether oxygens (including phenoxy) is 1. The number of carboxylic acids is 1. The van der Waals surface area contributed by atoms with Crippen molar-refractivity contribution in [2.45, 2.75) is 45.6 Å². The summed E-state index contributed by atoms with van der Waals surface area (Å²) < 4.78 is 5.34. The van der Waals surface area contributed by atoms with Gasteiger partial charge in [-0.25, -0.2) is 0 Å². The van der Waals surface area contributed by atoms with E-state index in [0.717, 1.165) is 12.8 Å². The van der Waals surface area contributed by atoms with Crippen LogP contribution in [-0.2, 0) is 14.3 Å². The largest absolute Gasteiger partial charge is 0.481 e. The van der Waals surface area contributed by atoms with E-state index in [1.165, 1.54) is 0 Å². The molecule has 0 unspecified atom stereocenters. The molecule has 0 bridgehead atoms. The molecule has 0 spiro atoms. The van der Waals surface area contributed by atoms with E-state index in [2.05, 4.69) is 5.32 Å². The average molecular weight is 231 g/mol. The lowest BCUT2D eigenvalue weighted by atomic mass is 10.3. The third kappa shape index (κ3) is 11.0. The monoisotopic (exact) mass is 231 g/mol. The molecule has 0 rings (SSSR count). The average Bonchev–Trinajstić information content (AvgIpc) is 2.19. The van der Waals surface area contributed by atoms with Gasteiger partial charge in [0.2, 0.25) is 5.91 Å². The topological polar surface area (TPSA) is 75.6 Å². The zero-order chi connectivity index (χ0) is 12.4. The van der Waals surface area contributed by atoms with Gasteiger partial charge in [-0.1, -0.05) is 0 Å². The normalized spacial score (nSPS) is 10.4. The molecule has 0 aromatic rings. The maximum atomic E-state index is 11.1. The number of hydrogen-bond donors (Lipinski definition) is 2. The predicted octanol–water partition coefficient (Wildman–Crippen LogP) is 1.17. The number of rotatable bonds is 9. The van der Waals surface area contributed by atoms with Crippen LogP contribution in [0.15, 0.2) is 0 Å². The Bertz CT molecular complexity index is 216. The van der Waals surface area contributed by atoms with E-state index >= 15 is 0 Å². The second-order valence-corrected chi connectivity index (χ2v) is 3.87. The lowest BCUT2D eigenvalue weighted by molar-refractivity contribution is -0.138. The second-order valence-electron chi connectivity index (χ2n) is 3.87. The molecule has 0 aliphatic heterocycles. The molecule has 0 atom stereocenters. The summed E-state index contributed by atoms with van der Waals surface area (Å²) in [6, 6.07) is 0. The van der Waals surface area contributed by atoms with Crippen LogP contribution in [-0.4, -0.2) is 36.2 Å². The van der Waals surface area contributed by atoms with Crippen LogP contribution < -0.4 is 5.32 Å². The predicted molar refractivity (Wildman–Crippen MR) is 60.2 cm³/mol. The molecule has 16 heavy (non-hydrogen) atoms. The molecule has 0 aromatic carbocycles. The minimum atomic E-state index is -0.944. The van der Waals surface area contributed by atoms with Gasteiger partial charge in [-0.2, -0.15) is 0 Å². The van der Waals surface area contributed by atoms with E-state index in [-0.39, 0.29) is 24.9 Å². The van der Waals surface area contributed by atoms with Crippen molar-refractivity contribution < 1.29 is 19.4 Å². The van der Waals surface area contributed by atoms with Gasteiger partial charge in [0.15, 0.2) is 0 Å². The number of nitrogens with one attached hydrogen (secondary N) is 1. The minimum Gasteiger partial charge on any atom is -0.481 e. The summed E-state index contributed by atoms with van der Waals surface area (Å²) in [7, 11) is 0. The van der Waals surface area contributed by atoms with Gasteiger partial charge < -0.3 is 15.2 Å². The number of carbonyl (C=O) groups is 2. The minimum absolute atomic E-state index is 0.0534. The standard InChI is InChI=1S/C11H21NO4/c1-9(2)16-8-4-3-7-12-10(13)5-6-11(14)15/h9H,3-8H2,1-2H3,(H,12,13)(H,14,15). The third-order valence-corrected chi connectivity index (χ3v) is 1.91. The Balaban J connectivity index is 3.24. The van der Waals surface area contributed by atoms with Crippen molar-refractivity contribution in [1.82, 2.24) is 5.32 Å². The maximum absolute atomic E-state index is 11.1. The van der Waals surface area contributed by atoms with Gasteiger partial charge in [-0.3, -0.25) is 9.59 Å². The van der Waals surface area contributed by atoms with E-state index < -0.39 is 5.97 Å². The van der Waals surface area contributed by atoms with E-state index in [0.29, 0.717) is 13.2 Å². The van der Waals surface area contributed by atoms with E-state index in [1.807, 2.05) is 13.8 Å². The van der Waals surface area contributed by atoms with Crippen molar-refractivity contribution in [1.29, 1.82) is 0 Å². The molecule has 0 saturated heterocycles. The smallest absolute Gasteiger partial charge is 0.303 e. The highest BCUT2D eigenvalue weighted by Crippen LogP contribution is 1.94. The molecule has 2 N–H and O–H groups in total. The van der Waals surface area contributed by atoms with Gasteiger partial charge >= 0.3 is 5.97 Å². The lowest BCUT2D eigenvalue weighted by Crippen LogP contribution is -2.25. The number of amides is 1. The Morgan fingerprint density at radius 3 is 2.50 bits per heavy atom. The molecule has 0 aliphatic rings. The molecule has 0 fully saturated rings. The van der Waals surface area contributed by atoms with Gasteiger partial charge in [0.05, 0.1) is 12.5 Å². The van der Waals surface area contributed by atoms with Gasteiger partial charge in [-0.15, -0.1) is 0 Å². The Hall–Kier alpha value is -1.10. The molecule has 0 aromatic heterocycles. The summed E-state index contributed by atoms with van der Waals surface area (Å²) in [5.41, 5.74) is 0. The van der Waals surface area contributed by atoms with Gasteiger partial charge in [0.25, 0.3) is 0 Å². The summed E-state index contributed by atoms with van der Waals surface area (Å²) >= 11 is 0. The van der Waals surface area contributed by atoms with Crippen molar-refractivity contribution >= 4 is 11.9 Å². The fraction of sp³-hybridized carbons (Fsp3) is 0.818. The highest BCUT2D eigenvalue weighted by molar-refractivity contribution is 5.80. The number of carbonyl (C=O) groups excluding carboxylic acids is 1. The molecular formula is C11H21NO4. The Kier molecular flexibility index (Phi) is 8.52. The van der Waals surface area contributed by atoms with Gasteiger partial charge in [0, 0.05) is 19.6 Å². The van der Waals surface area contributed by atoms with Crippen molar-refractivity contribution in [2.24, 2.45) is 0 Å². The van der Waals surface area contributed by atoms with Crippen molar-refractivity contribution in [2.75, 3.05) is 13.2 Å². The molecular weight excluding hydrogens is 210 g/mol. The van der Waals surface area contributed by atoms with Gasteiger partial charge in [0.1, 0.15) is 0 Å². The van der Waals surface area contributed by atoms with Crippen LogP contribution in [0.4, 0.5) is 0 Å². The quantitative estimate of drug-likeness (QED) is 0.584. The van der Waals surface area contributed by atoms with Crippen LogP contribution in [0.25, 0.3) is 0 Å². The highest BCUT2D eigenvalue weighted by atomic mass is 16.5. The van der Waals surface area contributed by atoms with E-state index in [1.54, 1.807) is 0 Å². The first-order valence-electron chi connectivity index (χ1n) is 5.62. The number of carboxylic acid groups (broad SMARTS) is 1. The van der Waals surface area contributed by atoms with E-state index in [9.17, 15) is 9.59 Å². The summed E-state index contributed by atoms with van der Waals surface area (Å²) in [6.07, 6.45) is 1.94. The lowest BCUT2D eigenvalue weighted by Gasteiger charge is -2.07. The molecule has 5 nitrogen and oxygen atoms in total. The summed E-state index contributed by atoms with van der Waals surface area (Å²) in [5.74, 6) is -1.15.